The molecule has 1 aromatic carbocycles. The van der Waals surface area contributed by atoms with Crippen molar-refractivity contribution in [2.75, 3.05) is 0 Å². The van der Waals surface area contributed by atoms with Gasteiger partial charge in [-0.25, -0.2) is 9.40 Å². The smallest absolute Gasteiger partial charge is 0.366 e. The molecule has 1 atom stereocenters. The van der Waals surface area contributed by atoms with Gasteiger partial charge in [0.15, 0.2) is 0 Å². The molecule has 0 fully saturated rings. The van der Waals surface area contributed by atoms with Crippen LogP contribution in [0.1, 0.15) is 49.8 Å². The molecular weight excluding hydrogens is 503 g/mol. The summed E-state index contributed by atoms with van der Waals surface area (Å²) in [6, 6.07) is 1.26. The maximum atomic E-state index is 14.2. The van der Waals surface area contributed by atoms with Crippen LogP contribution >= 0.6 is 0 Å². The lowest BCUT2D eigenvalue weighted by Gasteiger charge is -2.19. The highest BCUT2D eigenvalue weighted by Crippen LogP contribution is 2.37. The van der Waals surface area contributed by atoms with Crippen LogP contribution in [-0.4, -0.2) is 16.6 Å². The summed E-state index contributed by atoms with van der Waals surface area (Å²) < 4.78 is 94.7. The van der Waals surface area contributed by atoms with Crippen LogP contribution in [-0.2, 0) is 17.1 Å². The van der Waals surface area contributed by atoms with Gasteiger partial charge in [-0.2, -0.15) is 31.4 Å². The minimum Gasteiger partial charge on any atom is -0.366 e. The number of benzene rings is 1. The van der Waals surface area contributed by atoms with Gasteiger partial charge in [0, 0.05) is 18.3 Å². The van der Waals surface area contributed by atoms with Crippen LogP contribution in [0.3, 0.4) is 0 Å². The van der Waals surface area contributed by atoms with Gasteiger partial charge in [0.2, 0.25) is 0 Å². The van der Waals surface area contributed by atoms with Crippen LogP contribution < -0.4 is 5.73 Å². The first-order valence-corrected chi connectivity index (χ1v) is 11.3. The number of nitrogens with two attached hydrogens (primary N) is 1. The van der Waals surface area contributed by atoms with E-state index in [9.17, 15) is 35.5 Å². The summed E-state index contributed by atoms with van der Waals surface area (Å²) in [6.45, 7) is 3.46. The number of rotatable bonds is 5. The number of carbonyl (C=O) groups excluding carboxylic acids is 1. The molecule has 1 heterocycles. The molecule has 1 aromatic rings. The average Bonchev–Trinajstić information content (AvgIpc) is 3.10. The molecule has 4 nitrogen and oxygen atoms in total. The van der Waals surface area contributed by atoms with Gasteiger partial charge < -0.3 is 5.73 Å². The van der Waals surface area contributed by atoms with Gasteiger partial charge >= 0.3 is 12.4 Å². The Balaban J connectivity index is 2.16. The van der Waals surface area contributed by atoms with Crippen molar-refractivity contribution in [1.82, 2.24) is 5.01 Å². The third-order valence-electron chi connectivity index (χ3n) is 5.83. The maximum Gasteiger partial charge on any atom is 0.416 e. The van der Waals surface area contributed by atoms with E-state index < -0.39 is 41.1 Å². The second-order valence-corrected chi connectivity index (χ2v) is 8.64. The predicted octanol–water partition coefficient (Wildman–Crippen LogP) is 7.17. The van der Waals surface area contributed by atoms with Crippen LogP contribution in [0.15, 0.2) is 82.6 Å². The zero-order valence-corrected chi connectivity index (χ0v) is 19.9. The monoisotopic (exact) mass is 527 g/mol. The van der Waals surface area contributed by atoms with E-state index in [1.165, 1.54) is 18.5 Å². The maximum absolute atomic E-state index is 14.2. The molecule has 1 unspecified atom stereocenters. The highest BCUT2D eigenvalue weighted by molar-refractivity contribution is 6.03. The van der Waals surface area contributed by atoms with Gasteiger partial charge in [0.05, 0.1) is 22.4 Å². The SMILES string of the molecule is CCC1=CC(C(=CN2C=CCC(C)C(c3cc(C(F)(F)F)cc(C(F)(F)F)c3)=N2)C(N)=O)=CC(F)=CC1. The summed E-state index contributed by atoms with van der Waals surface area (Å²) in [5.41, 5.74) is 3.03. The van der Waals surface area contributed by atoms with Gasteiger partial charge in [-0.3, -0.25) is 4.79 Å². The van der Waals surface area contributed by atoms with E-state index >= 15 is 0 Å². The third-order valence-corrected chi connectivity index (χ3v) is 5.83. The first-order chi connectivity index (χ1) is 17.2. The quantitative estimate of drug-likeness (QED) is 0.326. The molecule has 0 bridgehead atoms. The van der Waals surface area contributed by atoms with E-state index in [-0.39, 0.29) is 34.9 Å². The van der Waals surface area contributed by atoms with Crippen molar-refractivity contribution in [1.29, 1.82) is 0 Å². The fraction of sp³-hybridized carbons (Fsp3) is 0.308. The molecular formula is C26H24F7N3O. The number of carbonyl (C=O) groups is 1. The molecule has 37 heavy (non-hydrogen) atoms. The second kappa shape index (κ2) is 10.8. The van der Waals surface area contributed by atoms with Crippen molar-refractivity contribution >= 4 is 11.6 Å². The van der Waals surface area contributed by atoms with Crippen molar-refractivity contribution in [2.24, 2.45) is 16.8 Å². The highest BCUT2D eigenvalue weighted by Gasteiger charge is 2.37. The minimum atomic E-state index is -5.02. The molecule has 1 aliphatic heterocycles. The topological polar surface area (TPSA) is 58.7 Å². The molecule has 0 saturated heterocycles. The molecule has 0 saturated carbocycles. The van der Waals surface area contributed by atoms with Crippen molar-refractivity contribution in [3.63, 3.8) is 0 Å². The molecule has 0 radical (unpaired) electrons. The van der Waals surface area contributed by atoms with E-state index in [0.29, 0.717) is 25.0 Å². The Labute approximate surface area is 209 Å². The number of hydrazone groups is 1. The summed E-state index contributed by atoms with van der Waals surface area (Å²) in [7, 11) is 0. The number of allylic oxidation sites excluding steroid dienone is 6. The first kappa shape index (κ1) is 27.9. The number of primary amides is 1. The lowest BCUT2D eigenvalue weighted by Crippen LogP contribution is -2.20. The summed E-state index contributed by atoms with van der Waals surface area (Å²) in [4.78, 5) is 12.3. The van der Waals surface area contributed by atoms with Crippen molar-refractivity contribution in [3.05, 3.63) is 94.1 Å². The summed E-state index contributed by atoms with van der Waals surface area (Å²) in [5.74, 6) is -2.08. The Morgan fingerprint density at radius 3 is 2.27 bits per heavy atom. The van der Waals surface area contributed by atoms with E-state index in [4.69, 9.17) is 5.73 Å². The van der Waals surface area contributed by atoms with Crippen molar-refractivity contribution < 1.29 is 35.5 Å². The molecule has 1 aliphatic carbocycles. The number of halogens is 7. The summed E-state index contributed by atoms with van der Waals surface area (Å²) >= 11 is 0. The summed E-state index contributed by atoms with van der Waals surface area (Å²) in [6.07, 6.45) is -0.645. The normalized spacial score (nSPS) is 19.4. The van der Waals surface area contributed by atoms with Crippen molar-refractivity contribution in [3.8, 4) is 0 Å². The van der Waals surface area contributed by atoms with E-state index in [1.807, 2.05) is 6.92 Å². The van der Waals surface area contributed by atoms with Crippen LogP contribution in [0.2, 0.25) is 0 Å². The standard InChI is InChI=1S/C26H24F7N3O/c1-3-16-6-7-21(27)12-17(9-16)22(24(34)37)14-36-8-4-5-15(2)23(35-36)18-10-19(25(28,29)30)13-20(11-18)26(31,32)33/h4,7-15H,3,5-6H2,1-2H3,(H2,34,37). The number of nitrogens with zero attached hydrogens (tertiary/aromatic N) is 2. The Kier molecular flexibility index (Phi) is 8.14. The zero-order valence-electron chi connectivity index (χ0n) is 19.9. The molecule has 1 amide bonds. The lowest BCUT2D eigenvalue weighted by atomic mass is 9.93. The van der Waals surface area contributed by atoms with E-state index in [0.717, 1.165) is 16.7 Å². The Morgan fingerprint density at radius 2 is 1.73 bits per heavy atom. The van der Waals surface area contributed by atoms with E-state index in [1.54, 1.807) is 19.1 Å². The Bertz CT molecular complexity index is 1220. The zero-order chi connectivity index (χ0) is 27.5. The molecule has 0 spiro atoms. The van der Waals surface area contributed by atoms with Crippen LogP contribution in [0.4, 0.5) is 30.7 Å². The molecule has 2 N–H and O–H groups in total. The lowest BCUT2D eigenvalue weighted by molar-refractivity contribution is -0.143. The Morgan fingerprint density at radius 1 is 1.11 bits per heavy atom. The molecule has 3 rings (SSSR count). The van der Waals surface area contributed by atoms with Crippen LogP contribution in [0, 0.1) is 5.92 Å². The predicted molar refractivity (Wildman–Crippen MR) is 125 cm³/mol. The van der Waals surface area contributed by atoms with Gasteiger partial charge in [0.1, 0.15) is 5.83 Å². The number of hydrogen-bond donors (Lipinski definition) is 1. The van der Waals surface area contributed by atoms with Gasteiger partial charge in [-0.05, 0) is 60.8 Å². The van der Waals surface area contributed by atoms with E-state index in [2.05, 4.69) is 5.10 Å². The van der Waals surface area contributed by atoms with Gasteiger partial charge in [0.25, 0.3) is 5.91 Å². The molecule has 198 valence electrons. The highest BCUT2D eigenvalue weighted by atomic mass is 19.4. The molecule has 0 aromatic heterocycles. The number of alkyl halides is 6. The van der Waals surface area contributed by atoms with Crippen LogP contribution in [0.25, 0.3) is 0 Å². The third kappa shape index (κ3) is 6.99. The van der Waals surface area contributed by atoms with Crippen LogP contribution in [0.5, 0.6) is 0 Å². The largest absolute Gasteiger partial charge is 0.416 e. The minimum absolute atomic E-state index is 0.0464. The number of hydrogen-bond acceptors (Lipinski definition) is 3. The fourth-order valence-electron chi connectivity index (χ4n) is 3.83. The first-order valence-electron chi connectivity index (χ1n) is 11.3. The number of amides is 1. The second-order valence-electron chi connectivity index (χ2n) is 8.64. The Hall–Kier alpha value is -3.63. The summed E-state index contributed by atoms with van der Waals surface area (Å²) in [5, 5.41) is 5.34. The molecule has 11 heteroatoms. The van der Waals surface area contributed by atoms with Gasteiger partial charge in [-0.15, -0.1) is 0 Å². The van der Waals surface area contributed by atoms with Gasteiger partial charge in [-0.1, -0.05) is 31.6 Å². The van der Waals surface area contributed by atoms with Crippen molar-refractivity contribution in [2.45, 2.75) is 45.5 Å². The fourth-order valence-corrected chi connectivity index (χ4v) is 3.83. The average molecular weight is 527 g/mol. The molecule has 2 aliphatic rings.